The molecule has 114 valence electrons. The first-order valence-corrected chi connectivity index (χ1v) is 7.84. The van der Waals surface area contributed by atoms with Gasteiger partial charge in [-0.2, -0.15) is 0 Å². The van der Waals surface area contributed by atoms with Gasteiger partial charge in [-0.05, 0) is 43.0 Å². The molecule has 0 saturated heterocycles. The minimum absolute atomic E-state index is 0.0695. The lowest BCUT2D eigenvalue weighted by Gasteiger charge is -2.14. The highest BCUT2D eigenvalue weighted by Gasteiger charge is 2.11. The van der Waals surface area contributed by atoms with Gasteiger partial charge in [0.15, 0.2) is 0 Å². The van der Waals surface area contributed by atoms with Crippen molar-refractivity contribution in [3.8, 4) is 5.69 Å². The Morgan fingerprint density at radius 2 is 1.64 bits per heavy atom. The van der Waals surface area contributed by atoms with Crippen molar-refractivity contribution in [2.45, 2.75) is 27.7 Å². The number of halogens is 1. The molecular weight excluding hydrogens is 294 g/mol. The normalized spacial score (nSPS) is 10.2. The molecule has 0 fully saturated rings. The predicted octanol–water partition coefficient (Wildman–Crippen LogP) is 5.29. The fraction of sp³-hybridized carbons (Fsp3) is 0.211. The molecule has 3 heteroatoms. The number of nitrogens with zero attached hydrogens (tertiary/aromatic N) is 1. The molecule has 0 saturated carbocycles. The first kappa shape index (κ1) is 16.3. The monoisotopic (exact) mass is 313 g/mol. The number of hydrogen-bond donors (Lipinski definition) is 0. The summed E-state index contributed by atoms with van der Waals surface area (Å²) >= 11 is 6.20. The van der Waals surface area contributed by atoms with E-state index >= 15 is 0 Å². The molecule has 1 aromatic heterocycles. The molecule has 1 heterocycles. The summed E-state index contributed by atoms with van der Waals surface area (Å²) in [4.78, 5) is 12.8. The lowest BCUT2D eigenvalue weighted by Crippen LogP contribution is -2.21. The van der Waals surface area contributed by atoms with Crippen molar-refractivity contribution in [2.75, 3.05) is 0 Å². The van der Waals surface area contributed by atoms with Crippen LogP contribution in [0.4, 0.5) is 0 Å². The van der Waals surface area contributed by atoms with Crippen LogP contribution in [0.15, 0.2) is 53.3 Å². The van der Waals surface area contributed by atoms with Gasteiger partial charge >= 0.3 is 0 Å². The van der Waals surface area contributed by atoms with Gasteiger partial charge in [-0.25, -0.2) is 0 Å². The summed E-state index contributed by atoms with van der Waals surface area (Å²) in [6.07, 6.45) is 0. The molecule has 0 radical (unpaired) electrons. The Kier molecular flexibility index (Phi) is 5.04. The van der Waals surface area contributed by atoms with Crippen LogP contribution in [0.25, 0.3) is 16.5 Å². The number of benzene rings is 2. The fourth-order valence-electron chi connectivity index (χ4n) is 2.56. The standard InChI is InChI=1S/C17H14ClNO.C2H6/c1-11-6-3-4-9-15(11)19-12(2)10-13-7-5-8-14(18)16(13)17(19)20;1-2/h3-10H,1-2H3;1-2H3. The van der Waals surface area contributed by atoms with E-state index in [1.165, 1.54) is 0 Å². The topological polar surface area (TPSA) is 22.0 Å². The van der Waals surface area contributed by atoms with Crippen LogP contribution in [-0.2, 0) is 0 Å². The van der Waals surface area contributed by atoms with E-state index in [0.717, 1.165) is 22.3 Å². The van der Waals surface area contributed by atoms with E-state index in [2.05, 4.69) is 0 Å². The van der Waals surface area contributed by atoms with E-state index in [4.69, 9.17) is 11.6 Å². The number of aryl methyl sites for hydroxylation is 2. The van der Waals surface area contributed by atoms with Crippen LogP contribution in [0.2, 0.25) is 5.02 Å². The Balaban J connectivity index is 0.000000847. The third kappa shape index (κ3) is 2.79. The second kappa shape index (κ2) is 6.80. The van der Waals surface area contributed by atoms with Gasteiger partial charge in [-0.15, -0.1) is 0 Å². The molecule has 0 aliphatic heterocycles. The fourth-order valence-corrected chi connectivity index (χ4v) is 2.82. The van der Waals surface area contributed by atoms with Crippen molar-refractivity contribution in [3.63, 3.8) is 0 Å². The molecule has 0 bridgehead atoms. The summed E-state index contributed by atoms with van der Waals surface area (Å²) in [5, 5.41) is 1.95. The maximum absolute atomic E-state index is 12.8. The quantitative estimate of drug-likeness (QED) is 0.598. The summed E-state index contributed by atoms with van der Waals surface area (Å²) in [6, 6.07) is 15.4. The molecule has 0 aliphatic carbocycles. The van der Waals surface area contributed by atoms with Gasteiger partial charge in [-0.3, -0.25) is 9.36 Å². The SMILES string of the molecule is CC.Cc1ccccc1-n1c(C)cc2cccc(Cl)c2c1=O. The summed E-state index contributed by atoms with van der Waals surface area (Å²) in [5.74, 6) is 0. The minimum Gasteiger partial charge on any atom is -0.281 e. The summed E-state index contributed by atoms with van der Waals surface area (Å²) in [7, 11) is 0. The van der Waals surface area contributed by atoms with Crippen LogP contribution in [0, 0.1) is 13.8 Å². The van der Waals surface area contributed by atoms with Crippen LogP contribution in [0.3, 0.4) is 0 Å². The highest BCUT2D eigenvalue weighted by Crippen LogP contribution is 2.23. The molecule has 3 rings (SSSR count). The van der Waals surface area contributed by atoms with E-state index in [1.54, 1.807) is 10.6 Å². The lowest BCUT2D eigenvalue weighted by atomic mass is 10.1. The van der Waals surface area contributed by atoms with Gasteiger partial charge in [-0.1, -0.05) is 55.8 Å². The number of hydrogen-bond acceptors (Lipinski definition) is 1. The average molecular weight is 314 g/mol. The largest absolute Gasteiger partial charge is 0.281 e. The molecule has 3 aromatic rings. The number of para-hydroxylation sites is 1. The van der Waals surface area contributed by atoms with Crippen molar-refractivity contribution >= 4 is 22.4 Å². The van der Waals surface area contributed by atoms with Crippen molar-refractivity contribution in [1.82, 2.24) is 4.57 Å². The maximum Gasteiger partial charge on any atom is 0.264 e. The first-order valence-electron chi connectivity index (χ1n) is 7.46. The number of aromatic nitrogens is 1. The van der Waals surface area contributed by atoms with Crippen molar-refractivity contribution in [3.05, 3.63) is 75.2 Å². The molecular formula is C19H20ClNO. The Labute approximate surface area is 136 Å². The zero-order valence-electron chi connectivity index (χ0n) is 13.4. The van der Waals surface area contributed by atoms with E-state index in [1.807, 2.05) is 70.2 Å². The minimum atomic E-state index is -0.0695. The maximum atomic E-state index is 12.8. The van der Waals surface area contributed by atoms with E-state index in [9.17, 15) is 4.79 Å². The van der Waals surface area contributed by atoms with Crippen LogP contribution in [0.5, 0.6) is 0 Å². The van der Waals surface area contributed by atoms with Gasteiger partial charge in [0.2, 0.25) is 0 Å². The second-order valence-electron chi connectivity index (χ2n) is 4.92. The Morgan fingerprint density at radius 1 is 0.955 bits per heavy atom. The second-order valence-corrected chi connectivity index (χ2v) is 5.32. The molecule has 22 heavy (non-hydrogen) atoms. The van der Waals surface area contributed by atoms with Crippen LogP contribution in [0.1, 0.15) is 25.1 Å². The molecule has 0 spiro atoms. The van der Waals surface area contributed by atoms with Gasteiger partial charge in [0.1, 0.15) is 0 Å². The molecule has 0 amide bonds. The summed E-state index contributed by atoms with van der Waals surface area (Å²) in [6.45, 7) is 7.94. The highest BCUT2D eigenvalue weighted by atomic mass is 35.5. The molecule has 2 aromatic carbocycles. The number of fused-ring (bicyclic) bond motifs is 1. The van der Waals surface area contributed by atoms with Crippen molar-refractivity contribution < 1.29 is 0 Å². The smallest absolute Gasteiger partial charge is 0.264 e. The summed E-state index contributed by atoms with van der Waals surface area (Å²) < 4.78 is 1.73. The Hall–Kier alpha value is -2.06. The summed E-state index contributed by atoms with van der Waals surface area (Å²) in [5.41, 5.74) is 2.79. The van der Waals surface area contributed by atoms with Crippen molar-refractivity contribution in [1.29, 1.82) is 0 Å². The van der Waals surface area contributed by atoms with Crippen molar-refractivity contribution in [2.24, 2.45) is 0 Å². The number of pyridine rings is 1. The van der Waals surface area contributed by atoms with Crippen LogP contribution < -0.4 is 5.56 Å². The third-order valence-electron chi connectivity index (χ3n) is 3.54. The predicted molar refractivity (Wildman–Crippen MR) is 95.4 cm³/mol. The molecule has 0 N–H and O–H groups in total. The zero-order valence-corrected chi connectivity index (χ0v) is 14.1. The Bertz CT molecular complexity index is 865. The van der Waals surface area contributed by atoms with Gasteiger partial charge in [0.25, 0.3) is 5.56 Å². The molecule has 0 atom stereocenters. The van der Waals surface area contributed by atoms with Gasteiger partial charge in [0.05, 0.1) is 16.1 Å². The zero-order chi connectivity index (χ0) is 16.3. The number of rotatable bonds is 1. The van der Waals surface area contributed by atoms with Gasteiger partial charge < -0.3 is 0 Å². The van der Waals surface area contributed by atoms with E-state index < -0.39 is 0 Å². The molecule has 0 aliphatic rings. The first-order chi connectivity index (χ1) is 10.6. The molecule has 0 unspecified atom stereocenters. The average Bonchev–Trinajstić information content (AvgIpc) is 2.51. The van der Waals surface area contributed by atoms with E-state index in [-0.39, 0.29) is 5.56 Å². The van der Waals surface area contributed by atoms with Crippen LogP contribution >= 0.6 is 11.6 Å². The van der Waals surface area contributed by atoms with Crippen LogP contribution in [-0.4, -0.2) is 4.57 Å². The lowest BCUT2D eigenvalue weighted by molar-refractivity contribution is 0.940. The van der Waals surface area contributed by atoms with Gasteiger partial charge in [0, 0.05) is 5.69 Å². The highest BCUT2D eigenvalue weighted by molar-refractivity contribution is 6.35. The Morgan fingerprint density at radius 3 is 2.32 bits per heavy atom. The molecule has 2 nitrogen and oxygen atoms in total. The van der Waals surface area contributed by atoms with E-state index in [0.29, 0.717) is 10.4 Å². The third-order valence-corrected chi connectivity index (χ3v) is 3.85.